The molecule has 2 aromatic rings. The Morgan fingerprint density at radius 3 is 2.84 bits per heavy atom. The van der Waals surface area contributed by atoms with E-state index in [1.165, 1.54) is 10.9 Å². The van der Waals surface area contributed by atoms with Crippen molar-refractivity contribution in [2.75, 3.05) is 44.3 Å². The van der Waals surface area contributed by atoms with Crippen LogP contribution >= 0.6 is 0 Å². The van der Waals surface area contributed by atoms with Gasteiger partial charge in [0.05, 0.1) is 24.6 Å². The molecule has 1 amide bonds. The van der Waals surface area contributed by atoms with Crippen LogP contribution < -0.4 is 4.90 Å². The number of aryl methyl sites for hydroxylation is 1. The van der Waals surface area contributed by atoms with E-state index in [1.54, 1.807) is 0 Å². The number of carbonyl (C=O) groups is 1. The van der Waals surface area contributed by atoms with Crippen molar-refractivity contribution in [3.8, 4) is 0 Å². The van der Waals surface area contributed by atoms with Crippen molar-refractivity contribution in [3.05, 3.63) is 35.9 Å². The summed E-state index contributed by atoms with van der Waals surface area (Å²) >= 11 is 0. The highest BCUT2D eigenvalue weighted by molar-refractivity contribution is 5.84. The molecule has 3 heterocycles. The normalized spacial score (nSPS) is 21.6. The van der Waals surface area contributed by atoms with Crippen LogP contribution in [0.25, 0.3) is 10.9 Å². The van der Waals surface area contributed by atoms with Crippen LogP contribution in [0.2, 0.25) is 0 Å². The summed E-state index contributed by atoms with van der Waals surface area (Å²) in [7, 11) is 0. The monoisotopic (exact) mass is 339 g/mol. The quantitative estimate of drug-likeness (QED) is 0.844. The van der Waals surface area contributed by atoms with Gasteiger partial charge in [-0.2, -0.15) is 0 Å². The van der Waals surface area contributed by atoms with Gasteiger partial charge in [0.25, 0.3) is 0 Å². The molecule has 0 unspecified atom stereocenters. The smallest absolute Gasteiger partial charge is 0.227 e. The molecular formula is C20H25N3O2. The van der Waals surface area contributed by atoms with E-state index in [4.69, 9.17) is 9.72 Å². The number of nitrogens with zero attached hydrogens (tertiary/aromatic N) is 3. The molecule has 5 nitrogen and oxygen atoms in total. The van der Waals surface area contributed by atoms with Gasteiger partial charge in [0, 0.05) is 31.6 Å². The Labute approximate surface area is 148 Å². The number of piperidine rings is 1. The number of aromatic nitrogens is 1. The van der Waals surface area contributed by atoms with Crippen LogP contribution in [-0.2, 0) is 9.53 Å². The van der Waals surface area contributed by atoms with Crippen molar-refractivity contribution in [2.45, 2.75) is 19.8 Å². The van der Waals surface area contributed by atoms with Gasteiger partial charge in [0.1, 0.15) is 5.82 Å². The van der Waals surface area contributed by atoms with E-state index in [-0.39, 0.29) is 11.8 Å². The van der Waals surface area contributed by atoms with E-state index in [1.807, 2.05) is 11.0 Å². The first kappa shape index (κ1) is 16.3. The third-order valence-corrected chi connectivity index (χ3v) is 5.33. The molecule has 0 saturated carbocycles. The van der Waals surface area contributed by atoms with Crippen LogP contribution in [0.15, 0.2) is 30.3 Å². The Morgan fingerprint density at radius 2 is 2.00 bits per heavy atom. The molecule has 5 heteroatoms. The average molecular weight is 339 g/mol. The Bertz CT molecular complexity index is 771. The summed E-state index contributed by atoms with van der Waals surface area (Å²) in [5, 5.41) is 1.20. The number of fused-ring (bicyclic) bond motifs is 1. The summed E-state index contributed by atoms with van der Waals surface area (Å²) in [6.45, 7) is 6.64. The van der Waals surface area contributed by atoms with Gasteiger partial charge in [-0.05, 0) is 37.5 Å². The first-order valence-electron chi connectivity index (χ1n) is 9.20. The molecule has 1 aromatic heterocycles. The zero-order valence-corrected chi connectivity index (χ0v) is 14.8. The molecule has 132 valence electrons. The van der Waals surface area contributed by atoms with Crippen molar-refractivity contribution >= 4 is 22.6 Å². The topological polar surface area (TPSA) is 45.7 Å². The minimum atomic E-state index is 0.0698. The number of anilines is 1. The van der Waals surface area contributed by atoms with Gasteiger partial charge < -0.3 is 14.5 Å². The SMILES string of the molecule is Cc1cc(N2CCC[C@H](C(=O)N3CCOCC3)C2)nc2ccccc12. The second-order valence-corrected chi connectivity index (χ2v) is 7.04. The van der Waals surface area contributed by atoms with Crippen molar-refractivity contribution in [1.82, 2.24) is 9.88 Å². The molecule has 0 radical (unpaired) electrons. The molecule has 4 rings (SSSR count). The van der Waals surface area contributed by atoms with Crippen LogP contribution in [0, 0.1) is 12.8 Å². The van der Waals surface area contributed by atoms with Gasteiger partial charge in [-0.15, -0.1) is 0 Å². The van der Waals surface area contributed by atoms with Crippen LogP contribution in [0.5, 0.6) is 0 Å². The fraction of sp³-hybridized carbons (Fsp3) is 0.500. The number of rotatable bonds is 2. The predicted molar refractivity (Wildman–Crippen MR) is 98.8 cm³/mol. The Balaban J connectivity index is 1.54. The summed E-state index contributed by atoms with van der Waals surface area (Å²) in [5.74, 6) is 1.35. The molecule has 2 aliphatic heterocycles. The number of morpholine rings is 1. The third-order valence-electron chi connectivity index (χ3n) is 5.33. The number of carbonyl (C=O) groups excluding carboxylic acids is 1. The lowest BCUT2D eigenvalue weighted by Gasteiger charge is -2.36. The summed E-state index contributed by atoms with van der Waals surface area (Å²) in [5.41, 5.74) is 2.27. The highest BCUT2D eigenvalue weighted by Crippen LogP contribution is 2.27. The van der Waals surface area contributed by atoms with E-state index < -0.39 is 0 Å². The highest BCUT2D eigenvalue weighted by atomic mass is 16.5. The summed E-state index contributed by atoms with van der Waals surface area (Å²) in [4.78, 5) is 21.9. The molecule has 0 N–H and O–H groups in total. The summed E-state index contributed by atoms with van der Waals surface area (Å²) in [6.07, 6.45) is 2.01. The molecule has 2 saturated heterocycles. The standard InChI is InChI=1S/C20H25N3O2/c1-15-13-19(21-18-7-3-2-6-17(15)18)23-8-4-5-16(14-23)20(24)22-9-11-25-12-10-22/h2-3,6-7,13,16H,4-5,8-12,14H2,1H3/t16-/m0/s1. The molecule has 2 fully saturated rings. The molecular weight excluding hydrogens is 314 g/mol. The van der Waals surface area contributed by atoms with Gasteiger partial charge in [0.2, 0.25) is 5.91 Å². The van der Waals surface area contributed by atoms with Crippen LogP contribution in [0.3, 0.4) is 0 Å². The average Bonchev–Trinajstić information content (AvgIpc) is 2.68. The number of hydrogen-bond acceptors (Lipinski definition) is 4. The lowest BCUT2D eigenvalue weighted by molar-refractivity contribution is -0.139. The maximum absolute atomic E-state index is 12.8. The van der Waals surface area contributed by atoms with Gasteiger partial charge >= 0.3 is 0 Å². The first-order chi connectivity index (χ1) is 12.2. The minimum Gasteiger partial charge on any atom is -0.378 e. The van der Waals surface area contributed by atoms with E-state index in [2.05, 4.69) is 36.1 Å². The highest BCUT2D eigenvalue weighted by Gasteiger charge is 2.30. The molecule has 2 aliphatic rings. The zero-order valence-electron chi connectivity index (χ0n) is 14.8. The Morgan fingerprint density at radius 1 is 1.20 bits per heavy atom. The van der Waals surface area contributed by atoms with Gasteiger partial charge in [-0.1, -0.05) is 18.2 Å². The number of hydrogen-bond donors (Lipinski definition) is 0. The Kier molecular flexibility index (Phi) is 4.57. The lowest BCUT2D eigenvalue weighted by atomic mass is 9.96. The fourth-order valence-electron chi connectivity index (χ4n) is 3.92. The van der Waals surface area contributed by atoms with Crippen LogP contribution in [-0.4, -0.2) is 55.2 Å². The minimum absolute atomic E-state index is 0.0698. The van der Waals surface area contributed by atoms with E-state index in [0.29, 0.717) is 13.2 Å². The molecule has 1 aromatic carbocycles. The predicted octanol–water partition coefficient (Wildman–Crippen LogP) is 2.62. The molecule has 25 heavy (non-hydrogen) atoms. The molecule has 0 spiro atoms. The maximum atomic E-state index is 12.8. The van der Waals surface area contributed by atoms with Crippen molar-refractivity contribution in [1.29, 1.82) is 0 Å². The fourth-order valence-corrected chi connectivity index (χ4v) is 3.92. The van der Waals surface area contributed by atoms with Gasteiger partial charge in [0.15, 0.2) is 0 Å². The lowest BCUT2D eigenvalue weighted by Crippen LogP contribution is -2.48. The Hall–Kier alpha value is -2.14. The van der Waals surface area contributed by atoms with Crippen molar-refractivity contribution in [3.63, 3.8) is 0 Å². The van der Waals surface area contributed by atoms with Crippen LogP contribution in [0.1, 0.15) is 18.4 Å². The third kappa shape index (κ3) is 3.33. The number of para-hydroxylation sites is 1. The second-order valence-electron chi connectivity index (χ2n) is 7.04. The van der Waals surface area contributed by atoms with Gasteiger partial charge in [-0.3, -0.25) is 4.79 Å². The van der Waals surface area contributed by atoms with E-state index in [0.717, 1.165) is 50.4 Å². The second kappa shape index (κ2) is 7.00. The van der Waals surface area contributed by atoms with Crippen LogP contribution in [0.4, 0.5) is 5.82 Å². The largest absolute Gasteiger partial charge is 0.378 e. The molecule has 1 atom stereocenters. The molecule has 0 aliphatic carbocycles. The van der Waals surface area contributed by atoms with E-state index in [9.17, 15) is 4.79 Å². The van der Waals surface area contributed by atoms with E-state index >= 15 is 0 Å². The number of amides is 1. The summed E-state index contributed by atoms with van der Waals surface area (Å²) in [6, 6.07) is 10.4. The first-order valence-corrected chi connectivity index (χ1v) is 9.20. The maximum Gasteiger partial charge on any atom is 0.227 e. The number of ether oxygens (including phenoxy) is 1. The molecule has 0 bridgehead atoms. The summed E-state index contributed by atoms with van der Waals surface area (Å²) < 4.78 is 5.37. The van der Waals surface area contributed by atoms with Crippen molar-refractivity contribution in [2.24, 2.45) is 5.92 Å². The van der Waals surface area contributed by atoms with Gasteiger partial charge in [-0.25, -0.2) is 4.98 Å². The zero-order chi connectivity index (χ0) is 17.2. The van der Waals surface area contributed by atoms with Crippen molar-refractivity contribution < 1.29 is 9.53 Å². The number of benzene rings is 1. The number of pyridine rings is 1.